The molecule has 0 fully saturated rings. The second-order valence-corrected chi connectivity index (χ2v) is 0. The third-order valence-corrected chi connectivity index (χ3v) is 0. The van der Waals surface area contributed by atoms with E-state index in [1.165, 1.54) is 6.82 Å². The first kappa shape index (κ1) is 19.9. The van der Waals surface area contributed by atoms with E-state index in [1.54, 1.807) is 0 Å². The minimum absolute atomic E-state index is 0. The average Bonchev–Trinajstić information content (AvgIpc) is 1.00. The van der Waals surface area contributed by atoms with Gasteiger partial charge in [-0.2, -0.15) is 0 Å². The van der Waals surface area contributed by atoms with Crippen LogP contribution in [-0.4, -0.2) is 7.85 Å². The zero-order valence-corrected chi connectivity index (χ0v) is 5.51. The quantitative estimate of drug-likeness (QED) is 0.330. The van der Waals surface area contributed by atoms with E-state index in [2.05, 4.69) is 7.85 Å². The molecule has 0 saturated heterocycles. The maximum Gasteiger partial charge on any atom is -1.00 e. The van der Waals surface area contributed by atoms with Crippen molar-refractivity contribution in [3.05, 3.63) is 0 Å². The van der Waals surface area contributed by atoms with Crippen molar-refractivity contribution < 1.29 is 34.0 Å². The Balaban J connectivity index is -0.00000000500. The Labute approximate surface area is 48.9 Å². The Kier molecular flexibility index (Phi) is 174. The molecule has 0 aliphatic rings. The van der Waals surface area contributed by atoms with Gasteiger partial charge < -0.3 is 34.0 Å². The monoisotopic (exact) mass is 184 g/mol. The summed E-state index contributed by atoms with van der Waals surface area (Å²) in [6.45, 7) is 1.50. The van der Waals surface area contributed by atoms with Crippen LogP contribution in [0, 0.1) is 0 Å². The fourth-order valence-corrected chi connectivity index (χ4v) is 0. The molecule has 0 N–H and O–H groups in total. The van der Waals surface area contributed by atoms with Crippen molar-refractivity contribution in [2.75, 3.05) is 0 Å². The molecule has 0 rings (SSSR count). The summed E-state index contributed by atoms with van der Waals surface area (Å²) in [5.74, 6) is 0. The summed E-state index contributed by atoms with van der Waals surface area (Å²) in [6.07, 6.45) is 0. The summed E-state index contributed by atoms with van der Waals surface area (Å²) >= 11 is 0. The van der Waals surface area contributed by atoms with Crippen LogP contribution < -0.4 is 34.0 Å². The smallest absolute Gasteiger partial charge is 1.00 e. The average molecular weight is 186 g/mol. The predicted octanol–water partition coefficient (Wildman–Crippen LogP) is -5.79. The van der Waals surface area contributed by atoms with Crippen LogP contribution in [0.2, 0.25) is 6.82 Å². The van der Waals surface area contributed by atoms with Crippen LogP contribution in [0.25, 0.3) is 0 Å². The van der Waals surface area contributed by atoms with Gasteiger partial charge in [0.15, 0.2) is 0 Å². The Hall–Kier alpha value is 1.02. The summed E-state index contributed by atoms with van der Waals surface area (Å²) in [7, 11) is 4.50. The van der Waals surface area contributed by atoms with Gasteiger partial charge in [0, 0.05) is 0 Å². The molecule has 0 radical (unpaired) electrons. The van der Waals surface area contributed by atoms with Crippen molar-refractivity contribution in [1.29, 1.82) is 0 Å². The van der Waals surface area contributed by atoms with Gasteiger partial charge in [-0.25, -0.2) is 0 Å². The second kappa shape index (κ2) is 35.1. The molecule has 0 atom stereocenters. The molecule has 0 nitrogen and oxygen atoms in total. The molecule has 0 aromatic carbocycles. The normalized spacial score (nSPS) is 1.75. The van der Waals surface area contributed by atoms with Crippen molar-refractivity contribution in [2.24, 2.45) is 0 Å². The number of rotatable bonds is 0. The molecule has 0 aromatic rings. The van der Waals surface area contributed by atoms with E-state index in [1.807, 2.05) is 0 Å². The standard InChI is InChI=1S/CH3B.2BrH/c1-2;;/h1H3;2*1H/q+2;;/p-2. The summed E-state index contributed by atoms with van der Waals surface area (Å²) < 4.78 is 0. The molecule has 0 aliphatic carbocycles. The Morgan fingerprint density at radius 3 is 1.00 bits per heavy atom. The predicted molar refractivity (Wildman–Crippen MR) is 11.6 cm³/mol. The zero-order chi connectivity index (χ0) is 2.00. The first-order valence-electron chi connectivity index (χ1n) is 0.577. The number of hydrogen-bond acceptors (Lipinski definition) is 0. The minimum atomic E-state index is 0. The topological polar surface area (TPSA) is 0 Å². The molecular formula is CH3BBr2. The Morgan fingerprint density at radius 2 is 1.00 bits per heavy atom. The molecule has 0 aromatic heterocycles. The van der Waals surface area contributed by atoms with Crippen LogP contribution in [0.5, 0.6) is 0 Å². The molecule has 24 valence electrons. The van der Waals surface area contributed by atoms with Crippen molar-refractivity contribution in [3.63, 3.8) is 0 Å². The molecule has 0 unspecified atom stereocenters. The fourth-order valence-electron chi connectivity index (χ4n) is 0. The molecule has 0 bridgehead atoms. The maximum atomic E-state index is 4.50. The van der Waals surface area contributed by atoms with E-state index in [9.17, 15) is 0 Å². The van der Waals surface area contributed by atoms with Gasteiger partial charge in [-0.1, -0.05) is 0 Å². The first-order chi connectivity index (χ1) is 1.00. The molecular weight excluding hydrogens is 183 g/mol. The van der Waals surface area contributed by atoms with Crippen molar-refractivity contribution >= 4 is 7.85 Å². The molecule has 3 heteroatoms. The summed E-state index contributed by atoms with van der Waals surface area (Å²) in [6, 6.07) is 0. The number of hydrogen-bond donors (Lipinski definition) is 0. The largest absolute Gasteiger partial charge is 1.00 e. The van der Waals surface area contributed by atoms with Gasteiger partial charge in [0.05, 0.1) is 0 Å². The van der Waals surface area contributed by atoms with E-state index in [0.717, 1.165) is 0 Å². The van der Waals surface area contributed by atoms with Gasteiger partial charge in [0.25, 0.3) is 0 Å². The minimum Gasteiger partial charge on any atom is -1.00 e. The van der Waals surface area contributed by atoms with Crippen molar-refractivity contribution in [1.82, 2.24) is 0 Å². The van der Waals surface area contributed by atoms with Gasteiger partial charge in [0.2, 0.25) is 0 Å². The van der Waals surface area contributed by atoms with Crippen molar-refractivity contribution in [3.8, 4) is 0 Å². The van der Waals surface area contributed by atoms with Gasteiger partial charge in [-0.3, -0.25) is 0 Å². The Morgan fingerprint density at radius 1 is 1.00 bits per heavy atom. The van der Waals surface area contributed by atoms with Gasteiger partial charge in [0.1, 0.15) is 0 Å². The van der Waals surface area contributed by atoms with Crippen LogP contribution in [0.1, 0.15) is 0 Å². The molecule has 0 heterocycles. The van der Waals surface area contributed by atoms with Crippen molar-refractivity contribution in [2.45, 2.75) is 6.82 Å². The van der Waals surface area contributed by atoms with Crippen LogP contribution in [0.3, 0.4) is 0 Å². The van der Waals surface area contributed by atoms with Crippen LogP contribution in [0.4, 0.5) is 0 Å². The van der Waals surface area contributed by atoms with Gasteiger partial charge in [-0.15, -0.1) is 0 Å². The van der Waals surface area contributed by atoms with E-state index in [4.69, 9.17) is 0 Å². The van der Waals surface area contributed by atoms with E-state index >= 15 is 0 Å². The molecule has 0 saturated carbocycles. The maximum absolute atomic E-state index is 4.50. The summed E-state index contributed by atoms with van der Waals surface area (Å²) in [5.41, 5.74) is 0. The van der Waals surface area contributed by atoms with Gasteiger partial charge in [-0.05, 0) is 0 Å². The summed E-state index contributed by atoms with van der Waals surface area (Å²) in [4.78, 5) is 0. The van der Waals surface area contributed by atoms with Crippen LogP contribution in [-0.2, 0) is 0 Å². The van der Waals surface area contributed by atoms with E-state index < -0.39 is 0 Å². The summed E-state index contributed by atoms with van der Waals surface area (Å²) in [5, 5.41) is 0. The SMILES string of the molecule is [B+2]C.[Br-].[Br-]. The fraction of sp³-hybridized carbons (Fsp3) is 1.00. The second-order valence-electron chi connectivity index (χ2n) is 0. The van der Waals surface area contributed by atoms with Crippen LogP contribution >= 0.6 is 0 Å². The molecule has 4 heavy (non-hydrogen) atoms. The molecule has 0 amide bonds. The number of halogens is 2. The molecule has 0 spiro atoms. The van der Waals surface area contributed by atoms with E-state index in [-0.39, 0.29) is 34.0 Å². The van der Waals surface area contributed by atoms with E-state index in [0.29, 0.717) is 0 Å². The van der Waals surface area contributed by atoms with Gasteiger partial charge >= 0.3 is 14.7 Å². The third-order valence-electron chi connectivity index (χ3n) is 0. The third kappa shape index (κ3) is 11.8. The van der Waals surface area contributed by atoms with Crippen LogP contribution in [0.15, 0.2) is 0 Å². The first-order valence-corrected chi connectivity index (χ1v) is 0.577. The zero-order valence-electron chi connectivity index (χ0n) is 2.33. The Bertz CT molecular complexity index is 6.00. The molecule has 0 aliphatic heterocycles.